The number of ether oxygens (including phenoxy) is 2. The van der Waals surface area contributed by atoms with Crippen molar-refractivity contribution >= 4 is 33.5 Å². The van der Waals surface area contributed by atoms with Crippen LogP contribution in [0, 0.1) is 0 Å². The molecule has 0 saturated carbocycles. The van der Waals surface area contributed by atoms with Crippen LogP contribution in [0.2, 0.25) is 0 Å². The van der Waals surface area contributed by atoms with Crippen molar-refractivity contribution in [3.8, 4) is 11.5 Å². The van der Waals surface area contributed by atoms with Crippen molar-refractivity contribution in [3.63, 3.8) is 0 Å². The number of piperazine rings is 1. The normalized spacial score (nSPS) is 17.8. The monoisotopic (exact) mass is 626 g/mol. The molecule has 0 N–H and O–H groups in total. The number of allylic oxidation sites excluding steroid dienone is 1. The Bertz CT molecular complexity index is 1300. The minimum Gasteiger partial charge on any atom is -1.00 e. The maximum Gasteiger partial charge on any atom is 0.189 e. The minimum atomic E-state index is 0. The summed E-state index contributed by atoms with van der Waals surface area (Å²) in [5, 5.41) is 0. The van der Waals surface area contributed by atoms with E-state index in [1.54, 1.807) is 20.3 Å². The summed E-state index contributed by atoms with van der Waals surface area (Å²) in [6.07, 6.45) is 2.62. The summed E-state index contributed by atoms with van der Waals surface area (Å²) < 4.78 is 12.8. The third-order valence-electron chi connectivity index (χ3n) is 7.52. The Kier molecular flexibility index (Phi) is 8.59. The van der Waals surface area contributed by atoms with Gasteiger partial charge in [0.15, 0.2) is 17.3 Å². The highest BCUT2D eigenvalue weighted by molar-refractivity contribution is 9.10. The summed E-state index contributed by atoms with van der Waals surface area (Å²) in [6.45, 7) is 5.28. The summed E-state index contributed by atoms with van der Waals surface area (Å²) in [5.41, 5.74) is 6.21. The van der Waals surface area contributed by atoms with Gasteiger partial charge in [-0.15, -0.1) is 0 Å². The third kappa shape index (κ3) is 5.85. The van der Waals surface area contributed by atoms with Gasteiger partial charge in [-0.1, -0.05) is 28.1 Å². The summed E-state index contributed by atoms with van der Waals surface area (Å²) in [7, 11) is 5.53. The molecule has 1 fully saturated rings. The maximum absolute atomic E-state index is 13.0. The van der Waals surface area contributed by atoms with Gasteiger partial charge in [0.1, 0.15) is 5.69 Å². The zero-order valence-electron chi connectivity index (χ0n) is 21.5. The van der Waals surface area contributed by atoms with E-state index in [0.29, 0.717) is 23.5 Å². The molecule has 7 heteroatoms. The van der Waals surface area contributed by atoms with E-state index in [1.807, 2.05) is 12.1 Å². The molecule has 3 aromatic carbocycles. The highest BCUT2D eigenvalue weighted by Crippen LogP contribution is 2.37. The van der Waals surface area contributed by atoms with Gasteiger partial charge in [0, 0.05) is 41.7 Å². The van der Waals surface area contributed by atoms with Crippen LogP contribution in [0.5, 0.6) is 11.5 Å². The Morgan fingerprint density at radius 1 is 0.946 bits per heavy atom. The number of rotatable bonds is 6. The number of benzene rings is 3. The second-order valence-corrected chi connectivity index (χ2v) is 10.8. The molecule has 194 valence electrons. The molecule has 1 aliphatic heterocycles. The van der Waals surface area contributed by atoms with E-state index in [4.69, 9.17) is 9.47 Å². The number of fused-ring (bicyclic) bond motifs is 1. The number of quaternary nitrogens is 1. The highest BCUT2D eigenvalue weighted by atomic mass is 79.9. The maximum atomic E-state index is 13.0. The standard InChI is InChI=1S/C30H32BrN2O3.BrH/c1-33(14-12-32(13-15-33)20-22-4-8-25(31)9-5-22)26-10-6-21(7-11-26)16-24-17-23-18-28(35-2)29(36-3)19-27(23)30(24)34;/h4-11,16,18-19H,12-15,17,20H2,1-3H3;1H/q+1;/p-1. The first-order valence-corrected chi connectivity index (χ1v) is 13.1. The lowest BCUT2D eigenvalue weighted by Crippen LogP contribution is -3.00. The number of likely N-dealkylation sites (N-methyl/N-ethyl adjacent to an activating group) is 1. The molecule has 0 amide bonds. The molecule has 0 unspecified atom stereocenters. The van der Waals surface area contributed by atoms with Gasteiger partial charge in [-0.3, -0.25) is 14.2 Å². The van der Waals surface area contributed by atoms with Crippen LogP contribution in [0.15, 0.2) is 70.7 Å². The van der Waals surface area contributed by atoms with E-state index in [0.717, 1.165) is 58.4 Å². The molecular formula is C30H32Br2N2O3. The molecule has 1 aliphatic carbocycles. The van der Waals surface area contributed by atoms with E-state index in [-0.39, 0.29) is 22.8 Å². The third-order valence-corrected chi connectivity index (χ3v) is 8.05. The Labute approximate surface area is 238 Å². The van der Waals surface area contributed by atoms with Crippen LogP contribution >= 0.6 is 15.9 Å². The quantitative estimate of drug-likeness (QED) is 0.311. The van der Waals surface area contributed by atoms with Gasteiger partial charge >= 0.3 is 0 Å². The summed E-state index contributed by atoms with van der Waals surface area (Å²) in [5.74, 6) is 1.31. The van der Waals surface area contributed by atoms with Crippen LogP contribution in [0.4, 0.5) is 5.69 Å². The smallest absolute Gasteiger partial charge is 0.189 e. The van der Waals surface area contributed by atoms with Gasteiger partial charge in [0.2, 0.25) is 0 Å². The van der Waals surface area contributed by atoms with Crippen molar-refractivity contribution in [2.24, 2.45) is 0 Å². The fraction of sp³-hybridized carbons (Fsp3) is 0.300. The zero-order chi connectivity index (χ0) is 25.3. The number of hydrogen-bond acceptors (Lipinski definition) is 4. The van der Waals surface area contributed by atoms with E-state index in [1.165, 1.54) is 11.3 Å². The van der Waals surface area contributed by atoms with Crippen molar-refractivity contribution in [2.45, 2.75) is 13.0 Å². The SMILES string of the molecule is COc1cc2c(cc1OC)C(=O)C(=Cc1ccc([N+]3(C)CCN(Cc4ccc(Br)cc4)CC3)cc1)C2.[Br-]. The van der Waals surface area contributed by atoms with Crippen LogP contribution in [-0.4, -0.2) is 58.1 Å². The average Bonchev–Trinajstić information content (AvgIpc) is 3.20. The van der Waals surface area contributed by atoms with Crippen LogP contribution in [0.3, 0.4) is 0 Å². The van der Waals surface area contributed by atoms with Gasteiger partial charge in [-0.05, 0) is 71.3 Å². The van der Waals surface area contributed by atoms with Crippen LogP contribution in [-0.2, 0) is 13.0 Å². The Balaban J connectivity index is 0.00000320. The summed E-state index contributed by atoms with van der Waals surface area (Å²) in [6, 6.07) is 21.0. The topological polar surface area (TPSA) is 38.8 Å². The van der Waals surface area contributed by atoms with E-state index in [9.17, 15) is 4.79 Å². The lowest BCUT2D eigenvalue weighted by atomic mass is 10.1. The van der Waals surface area contributed by atoms with Crippen LogP contribution < -0.4 is 30.9 Å². The minimum absolute atomic E-state index is 0. The first-order chi connectivity index (χ1) is 17.4. The van der Waals surface area contributed by atoms with Crippen molar-refractivity contribution in [3.05, 3.63) is 93.0 Å². The van der Waals surface area contributed by atoms with Crippen LogP contribution in [0.25, 0.3) is 6.08 Å². The second-order valence-electron chi connectivity index (χ2n) is 9.88. The zero-order valence-corrected chi connectivity index (χ0v) is 24.6. The van der Waals surface area contributed by atoms with Gasteiger partial charge in [-0.25, -0.2) is 0 Å². The fourth-order valence-corrected chi connectivity index (χ4v) is 5.46. The average molecular weight is 628 g/mol. The molecule has 5 nitrogen and oxygen atoms in total. The van der Waals surface area contributed by atoms with Gasteiger partial charge in [0.05, 0.1) is 34.4 Å². The molecule has 1 heterocycles. The summed E-state index contributed by atoms with van der Waals surface area (Å²) in [4.78, 5) is 15.6. The molecule has 37 heavy (non-hydrogen) atoms. The predicted octanol–water partition coefficient (Wildman–Crippen LogP) is 2.75. The molecule has 0 bridgehead atoms. The molecule has 5 rings (SSSR count). The molecule has 0 radical (unpaired) electrons. The molecule has 2 aliphatic rings. The Morgan fingerprint density at radius 2 is 1.57 bits per heavy atom. The number of methoxy groups -OCH3 is 2. The number of halogens is 2. The number of nitrogens with zero attached hydrogens (tertiary/aromatic N) is 2. The van der Waals surface area contributed by atoms with E-state index >= 15 is 0 Å². The van der Waals surface area contributed by atoms with Crippen LogP contribution in [0.1, 0.15) is 27.0 Å². The molecule has 0 spiro atoms. The number of Topliss-reactive ketones (excluding diaryl/α,β-unsaturated/α-hetero) is 1. The van der Waals surface area contributed by atoms with E-state index in [2.05, 4.69) is 76.4 Å². The molecule has 0 aromatic heterocycles. The first-order valence-electron chi connectivity index (χ1n) is 12.3. The number of hydrogen-bond donors (Lipinski definition) is 0. The first kappa shape index (κ1) is 27.6. The lowest BCUT2D eigenvalue weighted by molar-refractivity contribution is -0.0000148. The van der Waals surface area contributed by atoms with Crippen molar-refractivity contribution in [1.82, 2.24) is 9.38 Å². The van der Waals surface area contributed by atoms with E-state index < -0.39 is 0 Å². The van der Waals surface area contributed by atoms with Crippen molar-refractivity contribution < 1.29 is 31.2 Å². The highest BCUT2D eigenvalue weighted by Gasteiger charge is 2.31. The molecule has 1 saturated heterocycles. The Hall–Kier alpha value is -2.45. The van der Waals surface area contributed by atoms with Crippen molar-refractivity contribution in [1.29, 1.82) is 0 Å². The number of carbonyl (C=O) groups is 1. The summed E-state index contributed by atoms with van der Waals surface area (Å²) >= 11 is 3.52. The molecular weight excluding hydrogens is 596 g/mol. The van der Waals surface area contributed by atoms with Gasteiger partial charge in [-0.2, -0.15) is 0 Å². The number of carbonyl (C=O) groups excluding carboxylic acids is 1. The predicted molar refractivity (Wildman–Crippen MR) is 149 cm³/mol. The molecule has 0 atom stereocenters. The van der Waals surface area contributed by atoms with Crippen molar-refractivity contribution in [2.75, 3.05) is 47.4 Å². The Morgan fingerprint density at radius 3 is 2.19 bits per heavy atom. The fourth-order valence-electron chi connectivity index (χ4n) is 5.20. The lowest BCUT2D eigenvalue weighted by Gasteiger charge is -2.41. The van der Waals surface area contributed by atoms with Gasteiger partial charge < -0.3 is 26.5 Å². The number of ketones is 1. The molecule has 3 aromatic rings. The largest absolute Gasteiger partial charge is 1.00 e. The second kappa shape index (κ2) is 11.5. The van der Waals surface area contributed by atoms with Gasteiger partial charge in [0.25, 0.3) is 0 Å².